The molecule has 0 atom stereocenters. The van der Waals surface area contributed by atoms with Crippen LogP contribution in [-0.2, 0) is 0 Å². The SMILES string of the molecule is CN(C)C(=O)Oc1ccccc1C=NNC(N)=O. The molecule has 0 aliphatic carbocycles. The van der Waals surface area contributed by atoms with E-state index in [4.69, 9.17) is 10.5 Å². The highest BCUT2D eigenvalue weighted by Gasteiger charge is 2.09. The van der Waals surface area contributed by atoms with Gasteiger partial charge >= 0.3 is 12.1 Å². The predicted molar refractivity (Wildman–Crippen MR) is 66.5 cm³/mol. The number of para-hydroxylation sites is 1. The summed E-state index contributed by atoms with van der Waals surface area (Å²) in [6.07, 6.45) is 0.835. The van der Waals surface area contributed by atoms with Crippen LogP contribution in [0.3, 0.4) is 0 Å². The number of hydrogen-bond acceptors (Lipinski definition) is 4. The van der Waals surface area contributed by atoms with Crippen LogP contribution >= 0.6 is 0 Å². The van der Waals surface area contributed by atoms with E-state index in [0.717, 1.165) is 0 Å². The minimum atomic E-state index is -0.769. The smallest absolute Gasteiger partial charge is 0.410 e. The van der Waals surface area contributed by atoms with Gasteiger partial charge in [-0.15, -0.1) is 0 Å². The van der Waals surface area contributed by atoms with Gasteiger partial charge in [0.25, 0.3) is 0 Å². The van der Waals surface area contributed by atoms with E-state index in [0.29, 0.717) is 11.3 Å². The molecule has 96 valence electrons. The van der Waals surface area contributed by atoms with Crippen LogP contribution in [0.25, 0.3) is 0 Å². The molecule has 18 heavy (non-hydrogen) atoms. The Hall–Kier alpha value is -2.57. The molecule has 0 aliphatic heterocycles. The molecule has 7 heteroatoms. The Balaban J connectivity index is 2.82. The van der Waals surface area contributed by atoms with Crippen LogP contribution in [-0.4, -0.2) is 37.3 Å². The molecule has 0 saturated heterocycles. The Morgan fingerprint density at radius 2 is 2.06 bits per heavy atom. The van der Waals surface area contributed by atoms with Crippen LogP contribution in [0.15, 0.2) is 29.4 Å². The number of primary amides is 1. The number of rotatable bonds is 3. The number of urea groups is 1. The number of nitrogens with zero attached hydrogens (tertiary/aromatic N) is 2. The van der Waals surface area contributed by atoms with E-state index >= 15 is 0 Å². The lowest BCUT2D eigenvalue weighted by atomic mass is 10.2. The molecular formula is C11H14N4O3. The highest BCUT2D eigenvalue weighted by Crippen LogP contribution is 2.16. The molecule has 3 amide bonds. The van der Waals surface area contributed by atoms with E-state index in [9.17, 15) is 9.59 Å². The van der Waals surface area contributed by atoms with Crippen LogP contribution in [0, 0.1) is 0 Å². The summed E-state index contributed by atoms with van der Waals surface area (Å²) in [5, 5.41) is 3.60. The number of carbonyl (C=O) groups excluding carboxylic acids is 2. The lowest BCUT2D eigenvalue weighted by molar-refractivity contribution is 0.172. The van der Waals surface area contributed by atoms with Gasteiger partial charge in [0.05, 0.1) is 6.21 Å². The largest absolute Gasteiger partial charge is 0.414 e. The second-order valence-corrected chi connectivity index (χ2v) is 3.53. The Morgan fingerprint density at radius 3 is 2.67 bits per heavy atom. The van der Waals surface area contributed by atoms with Gasteiger partial charge in [-0.05, 0) is 12.1 Å². The zero-order chi connectivity index (χ0) is 13.5. The van der Waals surface area contributed by atoms with Gasteiger partial charge in [0, 0.05) is 19.7 Å². The summed E-state index contributed by atoms with van der Waals surface area (Å²) >= 11 is 0. The Labute approximate surface area is 104 Å². The van der Waals surface area contributed by atoms with E-state index in [2.05, 4.69) is 10.5 Å². The fourth-order valence-electron chi connectivity index (χ4n) is 1.03. The van der Waals surface area contributed by atoms with Crippen molar-refractivity contribution in [1.29, 1.82) is 0 Å². The number of nitrogens with two attached hydrogens (primary N) is 1. The number of nitrogens with one attached hydrogen (secondary N) is 1. The Bertz CT molecular complexity index is 471. The normalized spacial score (nSPS) is 10.1. The third kappa shape index (κ3) is 4.12. The van der Waals surface area contributed by atoms with Crippen molar-refractivity contribution in [2.45, 2.75) is 0 Å². The van der Waals surface area contributed by atoms with Crippen molar-refractivity contribution in [1.82, 2.24) is 10.3 Å². The van der Waals surface area contributed by atoms with Crippen LogP contribution in [0.5, 0.6) is 5.75 Å². The van der Waals surface area contributed by atoms with E-state index in [1.807, 2.05) is 0 Å². The van der Waals surface area contributed by atoms with Crippen molar-refractivity contribution in [2.24, 2.45) is 10.8 Å². The van der Waals surface area contributed by atoms with Gasteiger partial charge < -0.3 is 15.4 Å². The predicted octanol–water partition coefficient (Wildman–Crippen LogP) is 0.749. The Kier molecular flexibility index (Phi) is 4.67. The molecule has 0 bridgehead atoms. The second kappa shape index (κ2) is 6.24. The summed E-state index contributed by atoms with van der Waals surface area (Å²) in [4.78, 5) is 23.2. The monoisotopic (exact) mass is 250 g/mol. The molecule has 1 rings (SSSR count). The first-order valence-electron chi connectivity index (χ1n) is 5.07. The van der Waals surface area contributed by atoms with E-state index in [-0.39, 0.29) is 0 Å². The highest BCUT2D eigenvalue weighted by molar-refractivity contribution is 5.86. The van der Waals surface area contributed by atoms with Crippen LogP contribution in [0.1, 0.15) is 5.56 Å². The zero-order valence-electron chi connectivity index (χ0n) is 10.1. The topological polar surface area (TPSA) is 97.0 Å². The molecule has 0 radical (unpaired) electrons. The fraction of sp³-hybridized carbons (Fsp3) is 0.182. The van der Waals surface area contributed by atoms with Gasteiger partial charge in [-0.25, -0.2) is 15.0 Å². The maximum Gasteiger partial charge on any atom is 0.414 e. The van der Waals surface area contributed by atoms with Crippen LogP contribution in [0.4, 0.5) is 9.59 Å². The van der Waals surface area contributed by atoms with Gasteiger partial charge in [-0.3, -0.25) is 0 Å². The standard InChI is InChI=1S/C11H14N4O3/c1-15(2)11(17)18-9-6-4-3-5-8(9)7-13-14-10(12)16/h3-7H,1-2H3,(H3,12,14,16). The Morgan fingerprint density at radius 1 is 1.39 bits per heavy atom. The summed E-state index contributed by atoms with van der Waals surface area (Å²) in [5.74, 6) is 0.339. The summed E-state index contributed by atoms with van der Waals surface area (Å²) in [5.41, 5.74) is 7.46. The zero-order valence-corrected chi connectivity index (χ0v) is 10.1. The van der Waals surface area contributed by atoms with Gasteiger partial charge in [0.15, 0.2) is 0 Å². The third-order valence-corrected chi connectivity index (χ3v) is 1.86. The van der Waals surface area contributed by atoms with E-state index < -0.39 is 12.1 Å². The highest BCUT2D eigenvalue weighted by atomic mass is 16.6. The lowest BCUT2D eigenvalue weighted by Crippen LogP contribution is -2.26. The van der Waals surface area contributed by atoms with Gasteiger partial charge in [0.2, 0.25) is 0 Å². The van der Waals surface area contributed by atoms with Crippen LogP contribution < -0.4 is 15.9 Å². The molecule has 0 fully saturated rings. The number of hydrazone groups is 1. The van der Waals surface area contributed by atoms with Gasteiger partial charge in [-0.2, -0.15) is 5.10 Å². The van der Waals surface area contributed by atoms with Crippen molar-refractivity contribution in [3.8, 4) is 5.75 Å². The average molecular weight is 250 g/mol. The van der Waals surface area contributed by atoms with Crippen molar-refractivity contribution < 1.29 is 14.3 Å². The van der Waals surface area contributed by atoms with Crippen molar-refractivity contribution in [2.75, 3.05) is 14.1 Å². The van der Waals surface area contributed by atoms with Gasteiger partial charge in [-0.1, -0.05) is 12.1 Å². The maximum absolute atomic E-state index is 11.4. The summed E-state index contributed by atoms with van der Waals surface area (Å²) in [6.45, 7) is 0. The quantitative estimate of drug-likeness (QED) is 0.611. The second-order valence-electron chi connectivity index (χ2n) is 3.53. The summed E-state index contributed by atoms with van der Waals surface area (Å²) < 4.78 is 5.12. The number of carbonyl (C=O) groups is 2. The van der Waals surface area contributed by atoms with E-state index in [1.165, 1.54) is 11.1 Å². The maximum atomic E-state index is 11.4. The van der Waals surface area contributed by atoms with E-state index in [1.54, 1.807) is 38.4 Å². The molecule has 0 unspecified atom stereocenters. The van der Waals surface area contributed by atoms with Crippen molar-refractivity contribution >= 4 is 18.3 Å². The third-order valence-electron chi connectivity index (χ3n) is 1.86. The van der Waals surface area contributed by atoms with Crippen LogP contribution in [0.2, 0.25) is 0 Å². The average Bonchev–Trinajstić information content (AvgIpc) is 2.30. The molecule has 1 aromatic carbocycles. The molecular weight excluding hydrogens is 236 g/mol. The first kappa shape index (κ1) is 13.5. The lowest BCUT2D eigenvalue weighted by Gasteiger charge is -2.11. The summed E-state index contributed by atoms with van der Waals surface area (Å²) in [7, 11) is 3.15. The molecule has 0 aliphatic rings. The fourth-order valence-corrected chi connectivity index (χ4v) is 1.03. The number of hydrogen-bond donors (Lipinski definition) is 2. The molecule has 0 aromatic heterocycles. The van der Waals surface area contributed by atoms with Crippen molar-refractivity contribution in [3.05, 3.63) is 29.8 Å². The number of amides is 3. The molecule has 0 spiro atoms. The minimum absolute atomic E-state index is 0.339. The number of ether oxygens (including phenoxy) is 1. The first-order valence-corrected chi connectivity index (χ1v) is 5.07. The first-order chi connectivity index (χ1) is 8.50. The minimum Gasteiger partial charge on any atom is -0.410 e. The summed E-state index contributed by atoms with van der Waals surface area (Å²) in [6, 6.07) is 6.00. The molecule has 0 saturated carbocycles. The molecule has 1 aromatic rings. The number of benzene rings is 1. The molecule has 0 heterocycles. The molecule has 3 N–H and O–H groups in total. The molecule has 7 nitrogen and oxygen atoms in total. The van der Waals surface area contributed by atoms with Crippen molar-refractivity contribution in [3.63, 3.8) is 0 Å². The van der Waals surface area contributed by atoms with Gasteiger partial charge in [0.1, 0.15) is 5.75 Å².